The Labute approximate surface area is 324 Å². The van der Waals surface area contributed by atoms with Gasteiger partial charge in [-0.2, -0.15) is 0 Å². The number of aliphatic hydroxyl groups is 1. The number of aromatic amines is 1. The van der Waals surface area contributed by atoms with Crippen molar-refractivity contribution in [1.29, 1.82) is 0 Å². The standard InChI is InChI=1S/C46H44N4O6/c1-29-41(27-48-24-22-35(23-25-48)50-40-13-7-6-12-39(40)47-46(50)54)55-45(56-42(29)32-16-14-30(28-51)15-17-32)33-20-18-31(19-21-33)36-9-3-2-8-34(36)26-49-43(52)37-10-4-5-11-38(37)44(49)53/h2-21,29,35,41-42,45,51H,22-28H2,1H3,(H,47,54)/t29-,41+,42+,45+/m1/s1. The Kier molecular flexibility index (Phi) is 9.72. The second-order valence-corrected chi connectivity index (χ2v) is 15.2. The van der Waals surface area contributed by atoms with E-state index >= 15 is 0 Å². The minimum Gasteiger partial charge on any atom is -0.392 e. The molecular weight excluding hydrogens is 705 g/mol. The number of para-hydroxylation sites is 2. The average molecular weight is 749 g/mol. The predicted octanol–water partition coefficient (Wildman–Crippen LogP) is 7.41. The third-order valence-electron chi connectivity index (χ3n) is 11.8. The van der Waals surface area contributed by atoms with Crippen molar-refractivity contribution in [2.24, 2.45) is 5.92 Å². The summed E-state index contributed by atoms with van der Waals surface area (Å²) in [5, 5.41) is 9.70. The maximum Gasteiger partial charge on any atom is 0.326 e. The SMILES string of the molecule is C[C@@H]1[C@H](CN2CCC(n3c(=O)[nH]c4ccccc43)CC2)O[C@H](c2ccc(-c3ccccc3CN3C(=O)c4ccccc4C3=O)cc2)O[C@@H]1c1ccc(CO)cc1. The van der Waals surface area contributed by atoms with Gasteiger partial charge in [0.2, 0.25) is 0 Å². The van der Waals surface area contributed by atoms with E-state index in [2.05, 4.69) is 16.8 Å². The lowest BCUT2D eigenvalue weighted by Gasteiger charge is -2.44. The fraction of sp³-hybridized carbons (Fsp3) is 0.283. The van der Waals surface area contributed by atoms with E-state index in [0.29, 0.717) is 11.1 Å². The Balaban J connectivity index is 0.937. The number of nitrogens with one attached hydrogen (secondary N) is 1. The second kappa shape index (κ2) is 15.1. The van der Waals surface area contributed by atoms with Crippen molar-refractivity contribution in [1.82, 2.24) is 19.4 Å². The normalized spacial score (nSPS) is 21.9. The topological polar surface area (TPSA) is 117 Å². The number of ether oxygens (including phenoxy) is 2. The zero-order valence-electron chi connectivity index (χ0n) is 31.2. The van der Waals surface area contributed by atoms with Gasteiger partial charge in [0.05, 0.1) is 47.5 Å². The first kappa shape index (κ1) is 36.0. The minimum absolute atomic E-state index is 0.0237. The van der Waals surface area contributed by atoms with E-state index in [1.807, 2.05) is 102 Å². The fourth-order valence-corrected chi connectivity index (χ4v) is 8.69. The number of imidazole rings is 1. The van der Waals surface area contributed by atoms with E-state index in [1.165, 1.54) is 4.90 Å². The largest absolute Gasteiger partial charge is 0.392 e. The number of rotatable bonds is 9. The molecule has 4 heterocycles. The van der Waals surface area contributed by atoms with E-state index in [9.17, 15) is 19.5 Å². The molecular formula is C46H44N4O6. The van der Waals surface area contributed by atoms with Crippen molar-refractivity contribution in [3.63, 3.8) is 0 Å². The van der Waals surface area contributed by atoms with E-state index in [0.717, 1.165) is 76.9 Å². The van der Waals surface area contributed by atoms with E-state index in [1.54, 1.807) is 24.3 Å². The van der Waals surface area contributed by atoms with Crippen LogP contribution in [0.2, 0.25) is 0 Å². The van der Waals surface area contributed by atoms with Crippen LogP contribution in [0.3, 0.4) is 0 Å². The number of carbonyl (C=O) groups excluding carboxylic acids is 2. The summed E-state index contributed by atoms with van der Waals surface area (Å²) in [7, 11) is 0. The number of aliphatic hydroxyl groups excluding tert-OH is 1. The number of imide groups is 1. The molecule has 0 bridgehead atoms. The first-order chi connectivity index (χ1) is 27.4. The highest BCUT2D eigenvalue weighted by Crippen LogP contribution is 2.43. The molecule has 3 aliphatic heterocycles. The van der Waals surface area contributed by atoms with Gasteiger partial charge in [-0.05, 0) is 64.9 Å². The maximum atomic E-state index is 13.2. The number of fused-ring (bicyclic) bond motifs is 2. The molecule has 4 atom stereocenters. The molecule has 0 aliphatic carbocycles. The molecule has 0 saturated carbocycles. The van der Waals surface area contributed by atoms with E-state index < -0.39 is 6.29 Å². The van der Waals surface area contributed by atoms with Gasteiger partial charge in [0.1, 0.15) is 0 Å². The lowest BCUT2D eigenvalue weighted by Crippen LogP contribution is -2.47. The molecule has 2 fully saturated rings. The Hall–Kier alpha value is -5.65. The molecule has 0 radical (unpaired) electrons. The highest BCUT2D eigenvalue weighted by Gasteiger charge is 2.40. The number of hydrogen-bond donors (Lipinski definition) is 2. The second-order valence-electron chi connectivity index (χ2n) is 15.2. The molecule has 3 aliphatic rings. The summed E-state index contributed by atoms with van der Waals surface area (Å²) in [6, 6.07) is 38.9. The summed E-state index contributed by atoms with van der Waals surface area (Å²) in [6.07, 6.45) is 0.733. The number of aromatic nitrogens is 2. The van der Waals surface area contributed by atoms with Gasteiger partial charge in [-0.3, -0.25) is 19.1 Å². The fourth-order valence-electron chi connectivity index (χ4n) is 8.69. The van der Waals surface area contributed by atoms with Crippen LogP contribution in [0.15, 0.2) is 126 Å². The molecule has 5 aromatic carbocycles. The summed E-state index contributed by atoms with van der Waals surface area (Å²) in [5.41, 5.74) is 8.17. The van der Waals surface area contributed by atoms with E-state index in [4.69, 9.17) is 9.47 Å². The number of likely N-dealkylation sites (tertiary alicyclic amines) is 1. The average Bonchev–Trinajstić information content (AvgIpc) is 3.70. The molecule has 2 amide bonds. The van der Waals surface area contributed by atoms with Crippen LogP contribution in [0.5, 0.6) is 0 Å². The molecule has 2 saturated heterocycles. The number of benzene rings is 5. The van der Waals surface area contributed by atoms with Gasteiger partial charge >= 0.3 is 5.69 Å². The van der Waals surface area contributed by atoms with E-state index in [-0.39, 0.29) is 54.8 Å². The highest BCUT2D eigenvalue weighted by atomic mass is 16.7. The zero-order valence-corrected chi connectivity index (χ0v) is 31.2. The van der Waals surface area contributed by atoms with Crippen LogP contribution in [-0.2, 0) is 22.6 Å². The molecule has 0 unspecified atom stereocenters. The molecule has 284 valence electrons. The third-order valence-corrected chi connectivity index (χ3v) is 11.8. The van der Waals surface area contributed by atoms with Crippen LogP contribution in [0.25, 0.3) is 22.2 Å². The molecule has 10 nitrogen and oxygen atoms in total. The molecule has 9 rings (SSSR count). The lowest BCUT2D eigenvalue weighted by atomic mass is 9.89. The Morgan fingerprint density at radius 2 is 1.34 bits per heavy atom. The van der Waals surface area contributed by atoms with Gasteiger partial charge in [-0.25, -0.2) is 4.79 Å². The Morgan fingerprint density at radius 1 is 0.714 bits per heavy atom. The van der Waals surface area contributed by atoms with Crippen LogP contribution in [0.4, 0.5) is 0 Å². The summed E-state index contributed by atoms with van der Waals surface area (Å²) < 4.78 is 15.5. The molecule has 10 heteroatoms. The first-order valence-corrected chi connectivity index (χ1v) is 19.4. The number of H-pyrrole nitrogens is 1. The molecule has 1 aromatic heterocycles. The van der Waals surface area contributed by atoms with Gasteiger partial charge < -0.3 is 24.5 Å². The first-order valence-electron chi connectivity index (χ1n) is 19.4. The molecule has 2 N–H and O–H groups in total. The number of carbonyl (C=O) groups is 2. The summed E-state index contributed by atoms with van der Waals surface area (Å²) in [6.45, 7) is 4.75. The quantitative estimate of drug-likeness (QED) is 0.148. The van der Waals surface area contributed by atoms with Gasteiger partial charge in [0, 0.05) is 37.2 Å². The molecule has 56 heavy (non-hydrogen) atoms. The van der Waals surface area contributed by atoms with Crippen molar-refractivity contribution in [2.45, 2.75) is 57.5 Å². The van der Waals surface area contributed by atoms with Crippen molar-refractivity contribution in [2.75, 3.05) is 19.6 Å². The van der Waals surface area contributed by atoms with Crippen LogP contribution in [0, 0.1) is 5.92 Å². The van der Waals surface area contributed by atoms with Crippen molar-refractivity contribution >= 4 is 22.8 Å². The van der Waals surface area contributed by atoms with Gasteiger partial charge in [-0.1, -0.05) is 104 Å². The predicted molar refractivity (Wildman–Crippen MR) is 213 cm³/mol. The maximum absolute atomic E-state index is 13.2. The summed E-state index contributed by atoms with van der Waals surface area (Å²) in [5.74, 6) is -0.518. The van der Waals surface area contributed by atoms with Crippen LogP contribution in [0.1, 0.15) is 81.2 Å². The Morgan fingerprint density at radius 3 is 2.04 bits per heavy atom. The van der Waals surface area contributed by atoms with Crippen molar-refractivity contribution in [3.05, 3.63) is 165 Å². The van der Waals surface area contributed by atoms with Crippen LogP contribution in [-0.4, -0.2) is 62.0 Å². The Bertz CT molecular complexity index is 2410. The zero-order chi connectivity index (χ0) is 38.3. The smallest absolute Gasteiger partial charge is 0.326 e. The molecule has 6 aromatic rings. The lowest BCUT2D eigenvalue weighted by molar-refractivity contribution is -0.276. The molecule has 0 spiro atoms. The number of amides is 2. The van der Waals surface area contributed by atoms with Crippen LogP contribution >= 0.6 is 0 Å². The van der Waals surface area contributed by atoms with Crippen LogP contribution < -0.4 is 5.69 Å². The summed E-state index contributed by atoms with van der Waals surface area (Å²) in [4.78, 5) is 46.1. The number of hydrogen-bond acceptors (Lipinski definition) is 7. The highest BCUT2D eigenvalue weighted by molar-refractivity contribution is 6.21. The monoisotopic (exact) mass is 748 g/mol. The van der Waals surface area contributed by atoms with Gasteiger partial charge in [-0.15, -0.1) is 0 Å². The van der Waals surface area contributed by atoms with Crippen molar-refractivity contribution < 1.29 is 24.2 Å². The summed E-state index contributed by atoms with van der Waals surface area (Å²) >= 11 is 0. The third kappa shape index (κ3) is 6.68. The van der Waals surface area contributed by atoms with Gasteiger partial charge in [0.15, 0.2) is 6.29 Å². The van der Waals surface area contributed by atoms with Gasteiger partial charge in [0.25, 0.3) is 11.8 Å². The van der Waals surface area contributed by atoms with Crippen molar-refractivity contribution in [3.8, 4) is 11.1 Å². The minimum atomic E-state index is -0.622. The number of nitrogens with zero attached hydrogens (tertiary/aromatic N) is 3. The number of piperidine rings is 1.